The van der Waals surface area contributed by atoms with Crippen LogP contribution in [0.25, 0.3) is 0 Å². The third-order valence-electron chi connectivity index (χ3n) is 3.63. The lowest BCUT2D eigenvalue weighted by Gasteiger charge is -2.42. The molecule has 1 heterocycles. The van der Waals surface area contributed by atoms with Crippen LogP contribution in [0.4, 0.5) is 0 Å². The predicted molar refractivity (Wildman–Crippen MR) is 86.9 cm³/mol. The van der Waals surface area contributed by atoms with Gasteiger partial charge in [-0.1, -0.05) is 23.7 Å². The van der Waals surface area contributed by atoms with Gasteiger partial charge in [0.2, 0.25) is 0 Å². The molecule has 8 heteroatoms. The highest BCUT2D eigenvalue weighted by molar-refractivity contribution is 7.87. The van der Waals surface area contributed by atoms with E-state index in [-0.39, 0.29) is 18.2 Å². The summed E-state index contributed by atoms with van der Waals surface area (Å²) in [5.74, 6) is 0. The molecule has 1 aliphatic heterocycles. The summed E-state index contributed by atoms with van der Waals surface area (Å²) >= 11 is 5.93. The van der Waals surface area contributed by atoms with Gasteiger partial charge in [0, 0.05) is 30.7 Å². The highest BCUT2D eigenvalue weighted by Crippen LogP contribution is 2.27. The fourth-order valence-corrected chi connectivity index (χ4v) is 3.17. The van der Waals surface area contributed by atoms with Gasteiger partial charge in [-0.15, -0.1) is 0 Å². The van der Waals surface area contributed by atoms with Gasteiger partial charge in [-0.2, -0.15) is 8.42 Å². The first-order valence-corrected chi connectivity index (χ1v) is 9.00. The highest BCUT2D eigenvalue weighted by Gasteiger charge is 2.32. The van der Waals surface area contributed by atoms with E-state index in [1.54, 1.807) is 12.1 Å². The molecular formula is C14H22ClN3O3S. The minimum absolute atomic E-state index is 0.126. The maximum absolute atomic E-state index is 11.2. The van der Waals surface area contributed by atoms with Gasteiger partial charge in [-0.25, -0.2) is 9.86 Å². The van der Waals surface area contributed by atoms with Gasteiger partial charge in [0.15, 0.2) is 0 Å². The Labute approximate surface area is 136 Å². The highest BCUT2D eigenvalue weighted by atomic mass is 35.5. The van der Waals surface area contributed by atoms with Crippen molar-refractivity contribution in [3.8, 4) is 0 Å². The van der Waals surface area contributed by atoms with Gasteiger partial charge in [0.05, 0.1) is 12.2 Å². The molecule has 1 saturated heterocycles. The van der Waals surface area contributed by atoms with Gasteiger partial charge in [0.25, 0.3) is 10.2 Å². The second-order valence-electron chi connectivity index (χ2n) is 6.04. The molecule has 1 fully saturated rings. The third-order valence-corrected chi connectivity index (χ3v) is 4.45. The number of hydrogen-bond donors (Lipinski definition) is 2. The van der Waals surface area contributed by atoms with Crippen LogP contribution in [0, 0.1) is 0 Å². The molecule has 0 unspecified atom stereocenters. The summed E-state index contributed by atoms with van der Waals surface area (Å²) in [4.78, 5) is 2.20. The molecule has 6 nitrogen and oxygen atoms in total. The van der Waals surface area contributed by atoms with Gasteiger partial charge < -0.3 is 4.74 Å². The number of nitrogens with one attached hydrogen (secondary N) is 1. The van der Waals surface area contributed by atoms with E-state index < -0.39 is 10.2 Å². The monoisotopic (exact) mass is 347 g/mol. The maximum atomic E-state index is 11.2. The lowest BCUT2D eigenvalue weighted by Crippen LogP contribution is -2.51. The van der Waals surface area contributed by atoms with E-state index in [4.69, 9.17) is 21.5 Å². The Morgan fingerprint density at radius 2 is 2.05 bits per heavy atom. The third kappa shape index (κ3) is 5.19. The van der Waals surface area contributed by atoms with Crippen molar-refractivity contribution in [2.24, 2.45) is 5.14 Å². The Hall–Kier alpha value is -0.700. The largest absolute Gasteiger partial charge is 0.373 e. The number of nitrogens with two attached hydrogens (primary N) is 1. The summed E-state index contributed by atoms with van der Waals surface area (Å²) in [5.41, 5.74) is 0.711. The van der Waals surface area contributed by atoms with Crippen molar-refractivity contribution in [1.29, 1.82) is 0 Å². The van der Waals surface area contributed by atoms with E-state index in [0.717, 1.165) is 12.1 Å². The zero-order valence-electron chi connectivity index (χ0n) is 12.8. The van der Waals surface area contributed by atoms with E-state index in [0.29, 0.717) is 18.2 Å². The lowest BCUT2D eigenvalue weighted by molar-refractivity contribution is -0.0970. The van der Waals surface area contributed by atoms with Crippen molar-refractivity contribution in [3.05, 3.63) is 34.9 Å². The number of hydrogen-bond acceptors (Lipinski definition) is 4. The molecule has 0 amide bonds. The molecule has 1 atom stereocenters. The normalized spacial score (nSPS) is 20.7. The van der Waals surface area contributed by atoms with Crippen LogP contribution in [0.2, 0.25) is 5.02 Å². The molecule has 1 aromatic rings. The molecule has 0 radical (unpaired) electrons. The van der Waals surface area contributed by atoms with Crippen LogP contribution >= 0.6 is 11.6 Å². The molecule has 0 spiro atoms. The molecule has 0 saturated carbocycles. The average molecular weight is 348 g/mol. The van der Waals surface area contributed by atoms with Crippen LogP contribution in [0.1, 0.15) is 25.5 Å². The van der Waals surface area contributed by atoms with Gasteiger partial charge in [-0.05, 0) is 31.5 Å². The van der Waals surface area contributed by atoms with Crippen LogP contribution in [0.15, 0.2) is 24.3 Å². The number of benzene rings is 1. The minimum Gasteiger partial charge on any atom is -0.373 e. The summed E-state index contributed by atoms with van der Waals surface area (Å²) in [6.07, 6.45) is 0. The molecule has 0 aromatic heterocycles. The van der Waals surface area contributed by atoms with E-state index in [1.807, 2.05) is 26.0 Å². The van der Waals surface area contributed by atoms with Crippen molar-refractivity contribution in [2.75, 3.05) is 26.2 Å². The zero-order valence-corrected chi connectivity index (χ0v) is 14.3. The van der Waals surface area contributed by atoms with E-state index in [9.17, 15) is 8.42 Å². The van der Waals surface area contributed by atoms with Crippen LogP contribution in [0.3, 0.4) is 0 Å². The lowest BCUT2D eigenvalue weighted by atomic mass is 10.0. The van der Waals surface area contributed by atoms with Crippen LogP contribution in [-0.2, 0) is 14.9 Å². The summed E-state index contributed by atoms with van der Waals surface area (Å²) in [7, 11) is -3.74. The van der Waals surface area contributed by atoms with Gasteiger partial charge in [-0.3, -0.25) is 4.90 Å². The SMILES string of the molecule is CC1(C)CN([C@@H](CNS(N)(=O)=O)c2ccc(Cl)cc2)CCO1. The topological polar surface area (TPSA) is 84.7 Å². The second kappa shape index (κ2) is 6.82. The first-order valence-electron chi connectivity index (χ1n) is 7.07. The Balaban J connectivity index is 2.22. The van der Waals surface area contributed by atoms with Crippen molar-refractivity contribution in [1.82, 2.24) is 9.62 Å². The first-order chi connectivity index (χ1) is 10.2. The standard InChI is InChI=1S/C14H22ClN3O3S/c1-14(2)10-18(7-8-21-14)13(9-17-22(16,19)20)11-3-5-12(15)6-4-11/h3-6,13,17H,7-10H2,1-2H3,(H2,16,19,20)/t13-/m0/s1. The van der Waals surface area contributed by atoms with Crippen molar-refractivity contribution in [3.63, 3.8) is 0 Å². The summed E-state index contributed by atoms with van der Waals surface area (Å²) in [6, 6.07) is 7.28. The molecule has 124 valence electrons. The maximum Gasteiger partial charge on any atom is 0.274 e. The van der Waals surface area contributed by atoms with E-state index in [1.165, 1.54) is 0 Å². The summed E-state index contributed by atoms with van der Waals surface area (Å²) in [6.45, 7) is 6.27. The Kier molecular flexibility index (Phi) is 5.47. The van der Waals surface area contributed by atoms with E-state index >= 15 is 0 Å². The second-order valence-corrected chi connectivity index (χ2v) is 7.85. The fraction of sp³-hybridized carbons (Fsp3) is 0.571. The molecule has 3 N–H and O–H groups in total. The van der Waals surface area contributed by atoms with Gasteiger partial charge in [0.1, 0.15) is 0 Å². The smallest absolute Gasteiger partial charge is 0.274 e. The van der Waals surface area contributed by atoms with Gasteiger partial charge >= 0.3 is 0 Å². The molecule has 0 aliphatic carbocycles. The van der Waals surface area contributed by atoms with Crippen LogP contribution < -0.4 is 9.86 Å². The van der Waals surface area contributed by atoms with Crippen molar-refractivity contribution < 1.29 is 13.2 Å². The first kappa shape index (κ1) is 17.7. The van der Waals surface area contributed by atoms with E-state index in [2.05, 4.69) is 9.62 Å². The predicted octanol–water partition coefficient (Wildman–Crippen LogP) is 1.29. The quantitative estimate of drug-likeness (QED) is 0.840. The summed E-state index contributed by atoms with van der Waals surface area (Å²) < 4.78 is 30.6. The molecule has 1 aromatic carbocycles. The number of halogens is 1. The Bertz CT molecular complexity index is 604. The minimum atomic E-state index is -3.74. The number of morpholine rings is 1. The summed E-state index contributed by atoms with van der Waals surface area (Å²) in [5, 5.41) is 5.71. The molecular weight excluding hydrogens is 326 g/mol. The number of nitrogens with zero attached hydrogens (tertiary/aromatic N) is 1. The number of rotatable bonds is 5. The fourth-order valence-electron chi connectivity index (χ4n) is 2.66. The molecule has 2 rings (SSSR count). The van der Waals surface area contributed by atoms with Crippen LogP contribution in [-0.4, -0.2) is 45.2 Å². The van der Waals surface area contributed by atoms with Crippen molar-refractivity contribution >= 4 is 21.8 Å². The zero-order chi connectivity index (χ0) is 16.4. The Morgan fingerprint density at radius 1 is 1.41 bits per heavy atom. The molecule has 1 aliphatic rings. The Morgan fingerprint density at radius 3 is 2.59 bits per heavy atom. The average Bonchev–Trinajstić information content (AvgIpc) is 2.38. The molecule has 22 heavy (non-hydrogen) atoms. The number of ether oxygens (including phenoxy) is 1. The van der Waals surface area contributed by atoms with Crippen molar-refractivity contribution in [2.45, 2.75) is 25.5 Å². The van der Waals surface area contributed by atoms with Crippen LogP contribution in [0.5, 0.6) is 0 Å². The molecule has 0 bridgehead atoms.